The minimum atomic E-state index is -0.234. The molecule has 2 aromatic rings. The van der Waals surface area contributed by atoms with Crippen molar-refractivity contribution in [2.24, 2.45) is 0 Å². The number of amides is 1. The lowest BCUT2D eigenvalue weighted by atomic mass is 10.2. The highest BCUT2D eigenvalue weighted by atomic mass is 35.5. The summed E-state index contributed by atoms with van der Waals surface area (Å²) in [4.78, 5) is 23.7. The van der Waals surface area contributed by atoms with Crippen LogP contribution in [-0.2, 0) is 11.3 Å². The molecule has 23 heavy (non-hydrogen) atoms. The number of benzene rings is 1. The molecule has 8 heteroatoms. The molecule has 6 nitrogen and oxygen atoms in total. The van der Waals surface area contributed by atoms with Crippen LogP contribution in [0.2, 0.25) is 5.02 Å². The van der Waals surface area contributed by atoms with E-state index in [2.05, 4.69) is 5.32 Å². The van der Waals surface area contributed by atoms with E-state index < -0.39 is 0 Å². The number of carbonyl (C=O) groups is 1. The highest BCUT2D eigenvalue weighted by Gasteiger charge is 2.13. The molecule has 0 spiro atoms. The zero-order valence-corrected chi connectivity index (χ0v) is 14.6. The minimum Gasteiger partial charge on any atom is -0.495 e. The Labute approximate surface area is 142 Å². The van der Waals surface area contributed by atoms with E-state index >= 15 is 0 Å². The van der Waals surface area contributed by atoms with Gasteiger partial charge in [0.1, 0.15) is 11.5 Å². The van der Waals surface area contributed by atoms with Crippen molar-refractivity contribution < 1.29 is 14.3 Å². The predicted molar refractivity (Wildman–Crippen MR) is 91.1 cm³/mol. The van der Waals surface area contributed by atoms with Crippen molar-refractivity contribution in [2.75, 3.05) is 19.5 Å². The molecule has 0 bridgehead atoms. The molecule has 0 aliphatic carbocycles. The van der Waals surface area contributed by atoms with Gasteiger partial charge in [-0.05, 0) is 13.0 Å². The van der Waals surface area contributed by atoms with E-state index in [1.807, 2.05) is 6.92 Å². The monoisotopic (exact) mass is 356 g/mol. The second-order valence-electron chi connectivity index (χ2n) is 4.78. The van der Waals surface area contributed by atoms with Gasteiger partial charge in [0.15, 0.2) is 0 Å². The third-order valence-electron chi connectivity index (χ3n) is 3.29. The van der Waals surface area contributed by atoms with Crippen LogP contribution < -0.4 is 19.7 Å². The molecule has 0 atom stereocenters. The molecule has 0 fully saturated rings. The fourth-order valence-electron chi connectivity index (χ4n) is 2.06. The largest absolute Gasteiger partial charge is 0.495 e. The molecule has 0 radical (unpaired) electrons. The molecule has 0 saturated heterocycles. The molecule has 0 aliphatic heterocycles. The molecular formula is C15H17ClN2O4S. The number of anilines is 1. The first-order valence-electron chi connectivity index (χ1n) is 6.82. The van der Waals surface area contributed by atoms with Crippen molar-refractivity contribution in [1.82, 2.24) is 4.57 Å². The number of aromatic nitrogens is 1. The second kappa shape index (κ2) is 7.52. The maximum Gasteiger partial charge on any atom is 0.307 e. The fourth-order valence-corrected chi connectivity index (χ4v) is 3.06. The number of aryl methyl sites for hydroxylation is 1. The van der Waals surface area contributed by atoms with E-state index in [9.17, 15) is 9.59 Å². The molecule has 1 aromatic heterocycles. The number of ether oxygens (including phenoxy) is 2. The molecule has 2 rings (SSSR count). The zero-order chi connectivity index (χ0) is 17.0. The van der Waals surface area contributed by atoms with Gasteiger partial charge in [0.25, 0.3) is 0 Å². The standard InChI is InChI=1S/C15H17ClN2O4S/c1-9-8-23-15(20)18(9)5-4-14(19)17-11-6-10(16)12(21-2)7-13(11)22-3/h6-8H,4-5H2,1-3H3,(H,17,19). The van der Waals surface area contributed by atoms with Crippen molar-refractivity contribution in [1.29, 1.82) is 0 Å². The van der Waals surface area contributed by atoms with E-state index in [1.54, 1.807) is 22.1 Å². The molecule has 124 valence electrons. The first-order valence-corrected chi connectivity index (χ1v) is 8.08. The Bertz CT molecular complexity index is 769. The normalized spacial score (nSPS) is 10.4. The van der Waals surface area contributed by atoms with Crippen molar-refractivity contribution in [3.05, 3.63) is 37.9 Å². The maximum atomic E-state index is 12.1. The Balaban J connectivity index is 2.08. The summed E-state index contributed by atoms with van der Waals surface area (Å²) in [6, 6.07) is 3.17. The van der Waals surface area contributed by atoms with Crippen molar-refractivity contribution in [3.63, 3.8) is 0 Å². The summed E-state index contributed by atoms with van der Waals surface area (Å²) in [7, 11) is 2.99. The van der Waals surface area contributed by atoms with Gasteiger partial charge < -0.3 is 19.4 Å². The predicted octanol–water partition coefficient (Wildman–Crippen LogP) is 2.92. The number of rotatable bonds is 6. The topological polar surface area (TPSA) is 69.6 Å². The lowest BCUT2D eigenvalue weighted by Crippen LogP contribution is -2.20. The number of carbonyl (C=O) groups excluding carboxylic acids is 1. The lowest BCUT2D eigenvalue weighted by Gasteiger charge is -2.13. The summed E-state index contributed by atoms with van der Waals surface area (Å²) < 4.78 is 11.9. The van der Waals surface area contributed by atoms with Gasteiger partial charge in [-0.15, -0.1) is 0 Å². The maximum absolute atomic E-state index is 12.1. The van der Waals surface area contributed by atoms with Crippen LogP contribution in [0.1, 0.15) is 12.1 Å². The number of thiazole rings is 1. The Hall–Kier alpha value is -1.99. The lowest BCUT2D eigenvalue weighted by molar-refractivity contribution is -0.116. The smallest absolute Gasteiger partial charge is 0.307 e. The summed E-state index contributed by atoms with van der Waals surface area (Å²) in [6.07, 6.45) is 0.171. The van der Waals surface area contributed by atoms with Crippen molar-refractivity contribution >= 4 is 34.5 Å². The van der Waals surface area contributed by atoms with Crippen molar-refractivity contribution in [3.8, 4) is 11.5 Å². The van der Waals surface area contributed by atoms with Gasteiger partial charge in [0.2, 0.25) is 5.91 Å². The van der Waals surface area contributed by atoms with Gasteiger partial charge in [-0.3, -0.25) is 9.59 Å². The molecule has 0 aliphatic rings. The van der Waals surface area contributed by atoms with Crippen LogP contribution in [0.25, 0.3) is 0 Å². The Kier molecular flexibility index (Phi) is 5.68. The van der Waals surface area contributed by atoms with E-state index in [1.165, 1.54) is 14.2 Å². The minimum absolute atomic E-state index is 0.0691. The van der Waals surface area contributed by atoms with Crippen LogP contribution in [0.15, 0.2) is 22.3 Å². The Morgan fingerprint density at radius 2 is 2.00 bits per heavy atom. The highest BCUT2D eigenvalue weighted by molar-refractivity contribution is 7.07. The summed E-state index contributed by atoms with van der Waals surface area (Å²) in [6.45, 7) is 2.16. The Morgan fingerprint density at radius 1 is 1.30 bits per heavy atom. The molecule has 0 saturated carbocycles. The van der Waals surface area contributed by atoms with Crippen LogP contribution in [0.5, 0.6) is 11.5 Å². The first kappa shape index (κ1) is 17.4. The van der Waals surface area contributed by atoms with E-state index in [0.29, 0.717) is 28.8 Å². The number of halogens is 1. The van der Waals surface area contributed by atoms with Gasteiger partial charge in [-0.1, -0.05) is 22.9 Å². The number of hydrogen-bond acceptors (Lipinski definition) is 5. The van der Waals surface area contributed by atoms with E-state index in [-0.39, 0.29) is 17.2 Å². The van der Waals surface area contributed by atoms with Gasteiger partial charge in [-0.2, -0.15) is 0 Å². The molecular weight excluding hydrogens is 340 g/mol. The number of nitrogens with zero attached hydrogens (tertiary/aromatic N) is 1. The first-order chi connectivity index (χ1) is 11.0. The second-order valence-corrected chi connectivity index (χ2v) is 6.01. The van der Waals surface area contributed by atoms with Crippen LogP contribution in [0.3, 0.4) is 0 Å². The molecule has 1 amide bonds. The summed E-state index contributed by atoms with van der Waals surface area (Å²) in [5, 5.41) is 4.88. The van der Waals surface area contributed by atoms with Crippen LogP contribution in [0.4, 0.5) is 5.69 Å². The summed E-state index contributed by atoms with van der Waals surface area (Å²) in [5.41, 5.74) is 1.30. The highest BCUT2D eigenvalue weighted by Crippen LogP contribution is 2.35. The quantitative estimate of drug-likeness (QED) is 0.864. The SMILES string of the molecule is COc1cc(OC)c(NC(=O)CCn2c(C)csc2=O)cc1Cl. The Morgan fingerprint density at radius 3 is 2.57 bits per heavy atom. The van der Waals surface area contributed by atoms with Gasteiger partial charge in [0, 0.05) is 30.1 Å². The number of methoxy groups -OCH3 is 2. The van der Waals surface area contributed by atoms with Crippen LogP contribution in [0, 0.1) is 6.92 Å². The van der Waals surface area contributed by atoms with Gasteiger partial charge in [0.05, 0.1) is 24.9 Å². The fraction of sp³-hybridized carbons (Fsp3) is 0.333. The van der Waals surface area contributed by atoms with E-state index in [0.717, 1.165) is 17.0 Å². The van der Waals surface area contributed by atoms with Crippen molar-refractivity contribution in [2.45, 2.75) is 19.9 Å². The number of nitrogens with one attached hydrogen (secondary N) is 1. The number of hydrogen-bond donors (Lipinski definition) is 1. The summed E-state index contributed by atoms with van der Waals surface area (Å²) in [5.74, 6) is 0.674. The third-order valence-corrected chi connectivity index (χ3v) is 4.46. The molecule has 1 N–H and O–H groups in total. The average Bonchev–Trinajstić information content (AvgIpc) is 2.84. The van der Waals surface area contributed by atoms with Crippen LogP contribution in [-0.4, -0.2) is 24.7 Å². The van der Waals surface area contributed by atoms with Crippen LogP contribution >= 0.6 is 22.9 Å². The van der Waals surface area contributed by atoms with E-state index in [4.69, 9.17) is 21.1 Å². The molecule has 1 aromatic carbocycles. The molecule has 0 unspecified atom stereocenters. The third kappa shape index (κ3) is 4.05. The zero-order valence-electron chi connectivity index (χ0n) is 13.0. The summed E-state index contributed by atoms with van der Waals surface area (Å²) >= 11 is 7.19. The molecule has 1 heterocycles. The van der Waals surface area contributed by atoms with Gasteiger partial charge >= 0.3 is 4.87 Å². The average molecular weight is 357 g/mol. The van der Waals surface area contributed by atoms with Gasteiger partial charge in [-0.25, -0.2) is 0 Å².